The zero-order chi connectivity index (χ0) is 21.8. The molecule has 8 nitrogen and oxygen atoms in total. The number of hydrogen-bond donors (Lipinski definition) is 2. The van der Waals surface area contributed by atoms with E-state index in [1.54, 1.807) is 12.1 Å². The molecular formula is C23H29N3O5. The molecule has 1 aromatic heterocycles. The number of carbonyl (C=O) groups excluding carboxylic acids is 2. The average molecular weight is 428 g/mol. The van der Waals surface area contributed by atoms with Gasteiger partial charge in [-0.3, -0.25) is 9.48 Å². The molecule has 0 aliphatic carbocycles. The number of benzene rings is 1. The van der Waals surface area contributed by atoms with Crippen LogP contribution in [0.1, 0.15) is 58.3 Å². The summed E-state index contributed by atoms with van der Waals surface area (Å²) >= 11 is 0. The highest BCUT2D eigenvalue weighted by atomic mass is 16.5. The van der Waals surface area contributed by atoms with Crippen LogP contribution in [0, 0.1) is 5.41 Å². The zero-order valence-corrected chi connectivity index (χ0v) is 17.9. The molecule has 0 bridgehead atoms. The van der Waals surface area contributed by atoms with Crippen LogP contribution in [-0.2, 0) is 28.9 Å². The Hall–Kier alpha value is -2.87. The second-order valence-electron chi connectivity index (χ2n) is 8.32. The number of aromatic nitrogens is 2. The third-order valence-corrected chi connectivity index (χ3v) is 6.28. The van der Waals surface area contributed by atoms with Gasteiger partial charge in [-0.05, 0) is 43.2 Å². The van der Waals surface area contributed by atoms with Crippen LogP contribution in [0.15, 0.2) is 24.3 Å². The molecule has 2 N–H and O–H groups in total. The number of carbonyl (C=O) groups is 2. The summed E-state index contributed by atoms with van der Waals surface area (Å²) in [5.41, 5.74) is 2.64. The van der Waals surface area contributed by atoms with Crippen molar-refractivity contribution in [1.29, 1.82) is 0 Å². The predicted octanol–water partition coefficient (Wildman–Crippen LogP) is 2.48. The minimum atomic E-state index is -0.549. The fraction of sp³-hybridized carbons (Fsp3) is 0.522. The third kappa shape index (κ3) is 4.44. The molecule has 1 saturated heterocycles. The van der Waals surface area contributed by atoms with Gasteiger partial charge in [0.05, 0.1) is 23.6 Å². The van der Waals surface area contributed by atoms with E-state index in [1.165, 1.54) is 12.1 Å². The van der Waals surface area contributed by atoms with Crippen molar-refractivity contribution in [2.75, 3.05) is 26.4 Å². The monoisotopic (exact) mass is 427 g/mol. The number of fused-ring (bicyclic) bond motifs is 1. The molecule has 0 saturated carbocycles. The van der Waals surface area contributed by atoms with Gasteiger partial charge in [-0.25, -0.2) is 4.79 Å². The molecule has 0 atom stereocenters. The van der Waals surface area contributed by atoms with Crippen molar-refractivity contribution in [3.63, 3.8) is 0 Å². The molecular weight excluding hydrogens is 398 g/mol. The Morgan fingerprint density at radius 1 is 1.32 bits per heavy atom. The molecule has 3 heterocycles. The van der Waals surface area contributed by atoms with Gasteiger partial charge in [-0.1, -0.05) is 19.1 Å². The van der Waals surface area contributed by atoms with Crippen molar-refractivity contribution >= 4 is 11.9 Å². The number of phenolic OH excluding ortho intramolecular Hbond substituents is 1. The van der Waals surface area contributed by atoms with E-state index in [2.05, 4.69) is 5.32 Å². The number of phenols is 1. The zero-order valence-electron chi connectivity index (χ0n) is 17.9. The van der Waals surface area contributed by atoms with Crippen molar-refractivity contribution in [2.24, 2.45) is 5.41 Å². The highest BCUT2D eigenvalue weighted by molar-refractivity contribution is 5.97. The normalized spacial score (nSPS) is 17.6. The number of aromatic hydroxyl groups is 1. The first-order chi connectivity index (χ1) is 15.0. The fourth-order valence-electron chi connectivity index (χ4n) is 4.46. The fourth-order valence-corrected chi connectivity index (χ4v) is 4.46. The summed E-state index contributed by atoms with van der Waals surface area (Å²) in [6.45, 7) is 4.84. The second-order valence-corrected chi connectivity index (χ2v) is 8.32. The molecule has 4 rings (SSSR count). The standard InChI is InChI=1S/C23H29N3O5/c1-2-17-20-18(14-23(15-24-21(20)28)8-12-30-13-9-23)26(25-17)10-5-11-31-22(29)16-6-3-4-7-19(16)27/h3-4,6-7,27H,2,5,8-15H2,1H3,(H,24,28). The molecule has 0 unspecified atom stereocenters. The van der Waals surface area contributed by atoms with E-state index in [4.69, 9.17) is 14.6 Å². The number of nitrogens with one attached hydrogen (secondary N) is 1. The maximum atomic E-state index is 12.8. The molecule has 31 heavy (non-hydrogen) atoms. The van der Waals surface area contributed by atoms with E-state index < -0.39 is 5.97 Å². The number of esters is 1. The number of rotatable bonds is 6. The van der Waals surface area contributed by atoms with E-state index in [0.717, 1.165) is 30.7 Å². The average Bonchev–Trinajstić information content (AvgIpc) is 3.06. The van der Waals surface area contributed by atoms with Gasteiger partial charge in [0, 0.05) is 32.7 Å². The maximum absolute atomic E-state index is 12.8. The van der Waals surface area contributed by atoms with Gasteiger partial charge in [0.1, 0.15) is 11.3 Å². The number of amides is 1. The minimum Gasteiger partial charge on any atom is -0.507 e. The Kier molecular flexibility index (Phi) is 6.27. The highest BCUT2D eigenvalue weighted by Crippen LogP contribution is 2.37. The van der Waals surface area contributed by atoms with Crippen molar-refractivity contribution in [1.82, 2.24) is 15.1 Å². The summed E-state index contributed by atoms with van der Waals surface area (Å²) in [6.07, 6.45) is 3.86. The van der Waals surface area contributed by atoms with Crippen molar-refractivity contribution < 1.29 is 24.2 Å². The topological polar surface area (TPSA) is 103 Å². The van der Waals surface area contributed by atoms with Gasteiger partial charge < -0.3 is 19.9 Å². The molecule has 1 fully saturated rings. The Labute approximate surface area is 181 Å². The Balaban J connectivity index is 1.46. The summed E-state index contributed by atoms with van der Waals surface area (Å²) < 4.78 is 12.8. The predicted molar refractivity (Wildman–Crippen MR) is 113 cm³/mol. The number of hydrogen-bond acceptors (Lipinski definition) is 6. The van der Waals surface area contributed by atoms with Gasteiger partial charge in [0.2, 0.25) is 0 Å². The lowest BCUT2D eigenvalue weighted by atomic mass is 9.76. The van der Waals surface area contributed by atoms with Crippen LogP contribution in [0.2, 0.25) is 0 Å². The SMILES string of the molecule is CCc1nn(CCCOC(=O)c2ccccc2O)c2c1C(=O)NCC1(CCOCC1)C2. The first-order valence-electron chi connectivity index (χ1n) is 10.9. The van der Waals surface area contributed by atoms with Crippen LogP contribution < -0.4 is 5.32 Å². The van der Waals surface area contributed by atoms with Gasteiger partial charge in [0.15, 0.2) is 0 Å². The van der Waals surface area contributed by atoms with Gasteiger partial charge >= 0.3 is 5.97 Å². The third-order valence-electron chi connectivity index (χ3n) is 6.28. The Morgan fingerprint density at radius 2 is 2.10 bits per heavy atom. The maximum Gasteiger partial charge on any atom is 0.341 e. The summed E-state index contributed by atoms with van der Waals surface area (Å²) in [7, 11) is 0. The highest BCUT2D eigenvalue weighted by Gasteiger charge is 2.39. The van der Waals surface area contributed by atoms with Gasteiger partial charge in [-0.2, -0.15) is 5.10 Å². The summed E-state index contributed by atoms with van der Waals surface area (Å²) in [4.78, 5) is 25.0. The first-order valence-corrected chi connectivity index (χ1v) is 10.9. The summed E-state index contributed by atoms with van der Waals surface area (Å²) in [5, 5.41) is 17.6. The quantitative estimate of drug-likeness (QED) is 0.542. The van der Waals surface area contributed by atoms with Crippen LogP contribution >= 0.6 is 0 Å². The Morgan fingerprint density at radius 3 is 2.84 bits per heavy atom. The van der Waals surface area contributed by atoms with Gasteiger partial charge in [0.25, 0.3) is 5.91 Å². The van der Waals surface area contributed by atoms with Crippen LogP contribution in [0.5, 0.6) is 5.75 Å². The van der Waals surface area contributed by atoms with Gasteiger partial charge in [-0.15, -0.1) is 0 Å². The van der Waals surface area contributed by atoms with E-state index in [0.29, 0.717) is 44.7 Å². The van der Waals surface area contributed by atoms with Crippen LogP contribution in [0.25, 0.3) is 0 Å². The first kappa shape index (κ1) is 21.4. The molecule has 166 valence electrons. The number of aryl methyl sites for hydroxylation is 2. The molecule has 2 aromatic rings. The van der Waals surface area contributed by atoms with E-state index in [9.17, 15) is 14.7 Å². The lowest BCUT2D eigenvalue weighted by Gasteiger charge is -2.36. The lowest BCUT2D eigenvalue weighted by Crippen LogP contribution is -2.40. The number of para-hydroxylation sites is 1. The minimum absolute atomic E-state index is 0.000737. The second kappa shape index (κ2) is 9.09. The molecule has 1 aromatic carbocycles. The largest absolute Gasteiger partial charge is 0.507 e. The lowest BCUT2D eigenvalue weighted by molar-refractivity contribution is 0.0152. The van der Waals surface area contributed by atoms with E-state index in [-0.39, 0.29) is 29.2 Å². The van der Waals surface area contributed by atoms with Crippen LogP contribution in [-0.4, -0.2) is 53.1 Å². The summed E-state index contributed by atoms with van der Waals surface area (Å²) in [5.74, 6) is -0.690. The molecule has 1 amide bonds. The molecule has 8 heteroatoms. The number of ether oxygens (including phenoxy) is 2. The molecule has 0 radical (unpaired) electrons. The molecule has 1 spiro atoms. The molecule has 2 aliphatic rings. The number of nitrogens with zero attached hydrogens (tertiary/aromatic N) is 2. The molecule has 2 aliphatic heterocycles. The summed E-state index contributed by atoms with van der Waals surface area (Å²) in [6, 6.07) is 6.32. The van der Waals surface area contributed by atoms with E-state index >= 15 is 0 Å². The van der Waals surface area contributed by atoms with Crippen molar-refractivity contribution in [3.05, 3.63) is 46.8 Å². The Bertz CT molecular complexity index is 962. The van der Waals surface area contributed by atoms with Crippen molar-refractivity contribution in [3.8, 4) is 5.75 Å². The van der Waals surface area contributed by atoms with Crippen LogP contribution in [0.4, 0.5) is 0 Å². The smallest absolute Gasteiger partial charge is 0.341 e. The van der Waals surface area contributed by atoms with Crippen LogP contribution in [0.3, 0.4) is 0 Å². The van der Waals surface area contributed by atoms with E-state index in [1.807, 2.05) is 11.6 Å². The van der Waals surface area contributed by atoms with Crippen molar-refractivity contribution in [2.45, 2.75) is 45.6 Å².